The maximum atomic E-state index is 13.0. The molecule has 7 heteroatoms. The Bertz CT molecular complexity index is 632. The maximum Gasteiger partial charge on any atom is 0.317 e. The van der Waals surface area contributed by atoms with E-state index in [0.29, 0.717) is 18.4 Å². The number of hydrogen-bond acceptors (Lipinski definition) is 5. The molecule has 1 saturated carbocycles. The number of hydrogen-bond donors (Lipinski definition) is 1. The molecule has 7 nitrogen and oxygen atoms in total. The Balaban J connectivity index is 1.98. The largest absolute Gasteiger partial charge is 0.383 e. The topological polar surface area (TPSA) is 59.1 Å². The molecule has 3 atom stereocenters. The van der Waals surface area contributed by atoms with Gasteiger partial charge in [0.15, 0.2) is 5.78 Å². The zero-order valence-electron chi connectivity index (χ0n) is 21.4. The highest BCUT2D eigenvalue weighted by Crippen LogP contribution is 2.36. The molecule has 2 aliphatic rings. The fourth-order valence-corrected chi connectivity index (χ4v) is 5.32. The number of amides is 2. The number of nitrogens with one attached hydrogen (secondary N) is 1. The monoisotopic (exact) mass is 449 g/mol. The molecule has 0 unspecified atom stereocenters. The molecule has 0 aromatic rings. The van der Waals surface area contributed by atoms with E-state index >= 15 is 0 Å². The van der Waals surface area contributed by atoms with Crippen molar-refractivity contribution >= 4 is 11.8 Å². The molecule has 1 aliphatic carbocycles. The summed E-state index contributed by atoms with van der Waals surface area (Å²) >= 11 is 0. The predicted octanol–water partition coefficient (Wildman–Crippen LogP) is 3.03. The molecule has 1 aliphatic heterocycles. The number of nitrogens with zero attached hydrogens (tertiary/aromatic N) is 4. The van der Waals surface area contributed by atoms with Crippen molar-refractivity contribution in [2.75, 3.05) is 59.9 Å². The van der Waals surface area contributed by atoms with Gasteiger partial charge in [-0.3, -0.25) is 9.69 Å². The number of piperidine rings is 1. The smallest absolute Gasteiger partial charge is 0.317 e. The summed E-state index contributed by atoms with van der Waals surface area (Å²) in [6.07, 6.45) is 6.39. The van der Waals surface area contributed by atoms with Crippen LogP contribution < -0.4 is 5.32 Å². The Hall–Kier alpha value is -1.60. The first-order valence-electron chi connectivity index (χ1n) is 12.7. The normalized spacial score (nSPS) is 25.2. The summed E-state index contributed by atoms with van der Waals surface area (Å²) in [5.74, 6) is 0.597. The van der Waals surface area contributed by atoms with Crippen molar-refractivity contribution in [2.45, 2.75) is 71.9 Å². The maximum absolute atomic E-state index is 13.0. The Morgan fingerprint density at radius 2 is 1.81 bits per heavy atom. The van der Waals surface area contributed by atoms with Crippen LogP contribution in [-0.2, 0) is 4.79 Å². The quantitative estimate of drug-likeness (QED) is 0.492. The molecule has 0 aromatic carbocycles. The van der Waals surface area contributed by atoms with E-state index in [0.717, 1.165) is 77.1 Å². The summed E-state index contributed by atoms with van der Waals surface area (Å²) < 4.78 is 0. The summed E-state index contributed by atoms with van der Waals surface area (Å²) in [7, 11) is 3.95. The fourth-order valence-electron chi connectivity index (χ4n) is 5.32. The second-order valence-electron chi connectivity index (χ2n) is 9.61. The third-order valence-corrected chi connectivity index (χ3v) is 7.01. The standard InChI is InChI=1S/C25H47N5O2/c1-7-12-30-19-22(15-20-17-24(31)21(16-23(20)30)18-27(5)6)26-25(32)29(10-4)14-11-13-28(8-2)9-3/h18,20,22-23H,7-17,19H2,1-6H3,(H,26,32)/t20-,22+,23-/m1/s1. The summed E-state index contributed by atoms with van der Waals surface area (Å²) in [6, 6.07) is 0.560. The summed E-state index contributed by atoms with van der Waals surface area (Å²) in [5.41, 5.74) is 0.949. The molecule has 184 valence electrons. The van der Waals surface area contributed by atoms with Crippen molar-refractivity contribution in [3.8, 4) is 0 Å². The minimum atomic E-state index is 0.0438. The number of Topliss-reactive ketones (excluding diaryl/α,β-unsaturated/α-hetero) is 1. The molecule has 0 aromatic heterocycles. The van der Waals surface area contributed by atoms with Gasteiger partial charge >= 0.3 is 6.03 Å². The molecule has 0 radical (unpaired) electrons. The van der Waals surface area contributed by atoms with E-state index in [-0.39, 0.29) is 17.9 Å². The first kappa shape index (κ1) is 26.7. The van der Waals surface area contributed by atoms with E-state index in [9.17, 15) is 9.59 Å². The zero-order valence-corrected chi connectivity index (χ0v) is 21.4. The Labute approximate surface area is 196 Å². The first-order chi connectivity index (χ1) is 15.3. The van der Waals surface area contributed by atoms with Crippen molar-refractivity contribution in [1.29, 1.82) is 0 Å². The average molecular weight is 450 g/mol. The van der Waals surface area contributed by atoms with Gasteiger partial charge in [0.05, 0.1) is 0 Å². The SMILES string of the molecule is CCCN1C[C@@H](NC(=O)N(CC)CCCN(CC)CC)C[C@@H]2CC(=O)C(=CN(C)C)C[C@H]21. The molecular formula is C25H47N5O2. The minimum absolute atomic E-state index is 0.0438. The Morgan fingerprint density at radius 1 is 1.09 bits per heavy atom. The number of ketones is 1. The highest BCUT2D eigenvalue weighted by Gasteiger charge is 2.41. The van der Waals surface area contributed by atoms with Crippen LogP contribution in [0.5, 0.6) is 0 Å². The average Bonchev–Trinajstić information content (AvgIpc) is 2.74. The Kier molecular flexibility index (Phi) is 11.0. The highest BCUT2D eigenvalue weighted by atomic mass is 16.2. The fraction of sp³-hybridized carbons (Fsp3) is 0.840. The molecular weight excluding hydrogens is 402 g/mol. The number of likely N-dealkylation sites (tertiary alicyclic amines) is 1. The van der Waals surface area contributed by atoms with Crippen LogP contribution in [0.25, 0.3) is 0 Å². The number of rotatable bonds is 11. The third-order valence-electron chi connectivity index (χ3n) is 7.01. The van der Waals surface area contributed by atoms with Crippen LogP contribution in [0.15, 0.2) is 11.8 Å². The molecule has 0 bridgehead atoms. The van der Waals surface area contributed by atoms with Crippen LogP contribution in [0, 0.1) is 5.92 Å². The van der Waals surface area contributed by atoms with Gasteiger partial charge < -0.3 is 20.0 Å². The van der Waals surface area contributed by atoms with Crippen molar-refractivity contribution in [3.63, 3.8) is 0 Å². The van der Waals surface area contributed by atoms with E-state index in [1.54, 1.807) is 0 Å². The Morgan fingerprint density at radius 3 is 2.41 bits per heavy atom. The van der Waals surface area contributed by atoms with Crippen molar-refractivity contribution < 1.29 is 9.59 Å². The lowest BCUT2D eigenvalue weighted by atomic mass is 9.74. The van der Waals surface area contributed by atoms with Crippen LogP contribution in [0.2, 0.25) is 0 Å². The van der Waals surface area contributed by atoms with Crippen molar-refractivity contribution in [2.24, 2.45) is 5.92 Å². The van der Waals surface area contributed by atoms with Crippen LogP contribution in [0.3, 0.4) is 0 Å². The van der Waals surface area contributed by atoms with E-state index in [1.165, 1.54) is 0 Å². The number of urea groups is 1. The van der Waals surface area contributed by atoms with E-state index < -0.39 is 0 Å². The van der Waals surface area contributed by atoms with Gasteiger partial charge in [-0.15, -0.1) is 0 Å². The van der Waals surface area contributed by atoms with Crippen LogP contribution in [0.1, 0.15) is 59.8 Å². The van der Waals surface area contributed by atoms with Gasteiger partial charge in [0.25, 0.3) is 0 Å². The van der Waals surface area contributed by atoms with Crippen molar-refractivity contribution in [1.82, 2.24) is 24.9 Å². The van der Waals surface area contributed by atoms with Gasteiger partial charge in [-0.1, -0.05) is 20.8 Å². The molecule has 2 fully saturated rings. The number of carbonyl (C=O) groups excluding carboxylic acids is 2. The third kappa shape index (κ3) is 7.48. The van der Waals surface area contributed by atoms with Gasteiger partial charge in [0.1, 0.15) is 0 Å². The van der Waals surface area contributed by atoms with Gasteiger partial charge in [0, 0.05) is 64.0 Å². The molecule has 1 heterocycles. The van der Waals surface area contributed by atoms with Gasteiger partial charge in [0.2, 0.25) is 0 Å². The lowest BCUT2D eigenvalue weighted by Gasteiger charge is -2.47. The molecule has 0 spiro atoms. The molecule has 2 amide bonds. The van der Waals surface area contributed by atoms with Gasteiger partial charge in [-0.2, -0.15) is 0 Å². The van der Waals surface area contributed by atoms with E-state index in [2.05, 4.69) is 42.8 Å². The summed E-state index contributed by atoms with van der Waals surface area (Å²) in [4.78, 5) is 34.6. The van der Waals surface area contributed by atoms with E-state index in [4.69, 9.17) is 0 Å². The molecule has 32 heavy (non-hydrogen) atoms. The highest BCUT2D eigenvalue weighted by molar-refractivity contribution is 5.96. The van der Waals surface area contributed by atoms with Gasteiger partial charge in [-0.05, 0) is 64.7 Å². The van der Waals surface area contributed by atoms with Gasteiger partial charge in [-0.25, -0.2) is 4.79 Å². The predicted molar refractivity (Wildman–Crippen MR) is 132 cm³/mol. The second kappa shape index (κ2) is 13.2. The molecule has 1 N–H and O–H groups in total. The second-order valence-corrected chi connectivity index (χ2v) is 9.61. The van der Waals surface area contributed by atoms with Crippen LogP contribution >= 0.6 is 0 Å². The first-order valence-corrected chi connectivity index (χ1v) is 12.7. The zero-order chi connectivity index (χ0) is 23.7. The van der Waals surface area contributed by atoms with Crippen LogP contribution in [0.4, 0.5) is 4.79 Å². The lowest BCUT2D eigenvalue weighted by molar-refractivity contribution is -0.119. The summed E-state index contributed by atoms with van der Waals surface area (Å²) in [6.45, 7) is 15.1. The summed E-state index contributed by atoms with van der Waals surface area (Å²) in [5, 5.41) is 3.31. The lowest BCUT2D eigenvalue weighted by Crippen LogP contribution is -2.59. The number of fused-ring (bicyclic) bond motifs is 1. The van der Waals surface area contributed by atoms with E-state index in [1.807, 2.05) is 30.1 Å². The minimum Gasteiger partial charge on any atom is -0.383 e. The van der Waals surface area contributed by atoms with Crippen LogP contribution in [-0.4, -0.2) is 103 Å². The number of carbonyl (C=O) groups is 2. The molecule has 1 saturated heterocycles. The molecule has 2 rings (SSSR count). The van der Waals surface area contributed by atoms with Crippen molar-refractivity contribution in [3.05, 3.63) is 11.8 Å².